The van der Waals surface area contributed by atoms with Crippen LogP contribution in [0.3, 0.4) is 0 Å². The maximum absolute atomic E-state index is 13.3. The molecule has 0 saturated heterocycles. The van der Waals surface area contributed by atoms with Gasteiger partial charge in [-0.1, -0.05) is 39.8 Å². The average molecular weight is 440 g/mol. The fraction of sp³-hybridized carbons (Fsp3) is 0.458. The van der Waals surface area contributed by atoms with Gasteiger partial charge in [0.25, 0.3) is 5.56 Å². The number of carbonyl (C=O) groups is 1. The molecule has 31 heavy (non-hydrogen) atoms. The number of thioether (sulfide) groups is 1. The number of ketones is 1. The highest BCUT2D eigenvalue weighted by Gasteiger charge is 2.42. The molecular formula is C24H29N3O3S. The number of aromatic amines is 1. The van der Waals surface area contributed by atoms with E-state index in [-0.39, 0.29) is 17.1 Å². The fourth-order valence-electron chi connectivity index (χ4n) is 4.73. The summed E-state index contributed by atoms with van der Waals surface area (Å²) in [5, 5.41) is 3.36. The minimum Gasteiger partial charge on any atom is -0.344 e. The summed E-state index contributed by atoms with van der Waals surface area (Å²) in [5.41, 5.74) is 1.78. The van der Waals surface area contributed by atoms with Crippen molar-refractivity contribution in [2.24, 2.45) is 11.3 Å². The number of anilines is 1. The zero-order valence-electron chi connectivity index (χ0n) is 18.7. The van der Waals surface area contributed by atoms with Gasteiger partial charge in [0.2, 0.25) is 0 Å². The lowest BCUT2D eigenvalue weighted by atomic mass is 9.69. The number of nitrogens with zero attached hydrogens (tertiary/aromatic N) is 1. The number of fused-ring (bicyclic) bond motifs is 1. The van der Waals surface area contributed by atoms with Gasteiger partial charge in [-0.2, -0.15) is 0 Å². The summed E-state index contributed by atoms with van der Waals surface area (Å²) in [6.45, 7) is 8.69. The Morgan fingerprint density at radius 2 is 1.81 bits per heavy atom. The van der Waals surface area contributed by atoms with E-state index in [1.807, 2.05) is 44.4 Å². The van der Waals surface area contributed by atoms with E-state index in [0.717, 1.165) is 16.2 Å². The van der Waals surface area contributed by atoms with Crippen LogP contribution >= 0.6 is 11.8 Å². The van der Waals surface area contributed by atoms with Crippen LogP contribution in [-0.4, -0.2) is 21.6 Å². The number of H-pyrrole nitrogens is 1. The third kappa shape index (κ3) is 3.91. The van der Waals surface area contributed by atoms with Crippen molar-refractivity contribution < 1.29 is 4.79 Å². The van der Waals surface area contributed by atoms with E-state index in [9.17, 15) is 14.4 Å². The Kier molecular flexibility index (Phi) is 5.50. The van der Waals surface area contributed by atoms with Crippen molar-refractivity contribution in [3.8, 4) is 0 Å². The molecule has 0 radical (unpaired) electrons. The van der Waals surface area contributed by atoms with Crippen LogP contribution in [0, 0.1) is 11.3 Å². The monoisotopic (exact) mass is 439 g/mol. The molecule has 0 unspecified atom stereocenters. The third-order valence-corrected chi connectivity index (χ3v) is 6.74. The molecule has 1 aliphatic heterocycles. The molecule has 2 aliphatic rings. The van der Waals surface area contributed by atoms with Crippen molar-refractivity contribution >= 4 is 23.4 Å². The molecule has 164 valence electrons. The van der Waals surface area contributed by atoms with E-state index >= 15 is 0 Å². The van der Waals surface area contributed by atoms with Gasteiger partial charge in [-0.15, -0.1) is 11.8 Å². The minimum atomic E-state index is -0.492. The molecule has 2 N–H and O–H groups in total. The summed E-state index contributed by atoms with van der Waals surface area (Å²) in [7, 11) is 0. The molecular weight excluding hydrogens is 410 g/mol. The van der Waals surface area contributed by atoms with Crippen molar-refractivity contribution in [2.45, 2.75) is 57.9 Å². The Labute approximate surface area is 186 Å². The van der Waals surface area contributed by atoms with Gasteiger partial charge in [0.1, 0.15) is 5.82 Å². The lowest BCUT2D eigenvalue weighted by molar-refractivity contribution is -0.118. The molecule has 7 heteroatoms. The van der Waals surface area contributed by atoms with E-state index in [0.29, 0.717) is 36.3 Å². The number of allylic oxidation sites excluding steroid dienone is 2. The van der Waals surface area contributed by atoms with Crippen molar-refractivity contribution in [3.05, 3.63) is 67.5 Å². The van der Waals surface area contributed by atoms with E-state index in [4.69, 9.17) is 0 Å². The Morgan fingerprint density at radius 1 is 1.13 bits per heavy atom. The molecule has 0 amide bonds. The van der Waals surface area contributed by atoms with Gasteiger partial charge in [0, 0.05) is 35.0 Å². The molecule has 1 aromatic heterocycles. The Hall–Kier alpha value is -2.54. The number of carbonyl (C=O) groups excluding carboxylic acids is 1. The maximum Gasteiger partial charge on any atom is 0.329 e. The molecule has 1 atom stereocenters. The van der Waals surface area contributed by atoms with Crippen LogP contribution in [0.15, 0.2) is 50.0 Å². The predicted molar refractivity (Wildman–Crippen MR) is 125 cm³/mol. The maximum atomic E-state index is 13.3. The first-order valence-corrected chi connectivity index (χ1v) is 11.9. The molecule has 0 bridgehead atoms. The number of hydrogen-bond donors (Lipinski definition) is 2. The van der Waals surface area contributed by atoms with Crippen molar-refractivity contribution in [1.82, 2.24) is 9.55 Å². The zero-order chi connectivity index (χ0) is 22.5. The van der Waals surface area contributed by atoms with Crippen LogP contribution in [-0.2, 0) is 11.3 Å². The quantitative estimate of drug-likeness (QED) is 0.701. The number of aromatic nitrogens is 2. The van der Waals surface area contributed by atoms with E-state index < -0.39 is 17.2 Å². The zero-order valence-corrected chi connectivity index (χ0v) is 19.5. The number of benzene rings is 1. The first-order chi connectivity index (χ1) is 14.6. The van der Waals surface area contributed by atoms with Gasteiger partial charge in [-0.05, 0) is 41.7 Å². The van der Waals surface area contributed by atoms with Crippen LogP contribution in [0.25, 0.3) is 0 Å². The molecule has 1 aromatic carbocycles. The summed E-state index contributed by atoms with van der Waals surface area (Å²) in [4.78, 5) is 42.7. The van der Waals surface area contributed by atoms with Crippen LogP contribution < -0.4 is 16.6 Å². The molecule has 0 spiro atoms. The summed E-state index contributed by atoms with van der Waals surface area (Å²) < 4.78 is 1.61. The number of Topliss-reactive ketones (excluding diaryl/α,β-unsaturated/α-hetero) is 1. The van der Waals surface area contributed by atoms with Gasteiger partial charge >= 0.3 is 5.69 Å². The molecule has 4 rings (SSSR count). The lowest BCUT2D eigenvalue weighted by Gasteiger charge is -2.39. The first kappa shape index (κ1) is 21.7. The van der Waals surface area contributed by atoms with Crippen molar-refractivity contribution in [3.63, 3.8) is 0 Å². The number of rotatable bonds is 4. The highest BCUT2D eigenvalue weighted by atomic mass is 32.2. The average Bonchev–Trinajstić information content (AvgIpc) is 2.68. The van der Waals surface area contributed by atoms with Gasteiger partial charge in [0.05, 0.1) is 5.56 Å². The summed E-state index contributed by atoms with van der Waals surface area (Å²) in [5.74, 6) is 0.303. The Bertz CT molecular complexity index is 1190. The SMILES string of the molecule is CSc1ccc([C@@H]2C3=C(CC(C)(C)CC3=O)Nc3c2c(=O)[nH]c(=O)n3CC(C)C)cc1. The van der Waals surface area contributed by atoms with Crippen LogP contribution in [0.5, 0.6) is 0 Å². The van der Waals surface area contributed by atoms with Gasteiger partial charge < -0.3 is 5.32 Å². The number of hydrogen-bond acceptors (Lipinski definition) is 5. The van der Waals surface area contributed by atoms with E-state index in [1.165, 1.54) is 0 Å². The summed E-state index contributed by atoms with van der Waals surface area (Å²) in [6, 6.07) is 8.00. The molecule has 0 fully saturated rings. The second-order valence-corrected chi connectivity index (χ2v) is 10.6. The van der Waals surface area contributed by atoms with Crippen molar-refractivity contribution in [2.75, 3.05) is 11.6 Å². The summed E-state index contributed by atoms with van der Waals surface area (Å²) in [6.07, 6.45) is 3.14. The van der Waals surface area contributed by atoms with Crippen LogP contribution in [0.2, 0.25) is 0 Å². The largest absolute Gasteiger partial charge is 0.344 e. The van der Waals surface area contributed by atoms with Crippen LogP contribution in [0.4, 0.5) is 5.82 Å². The lowest BCUT2D eigenvalue weighted by Crippen LogP contribution is -2.42. The van der Waals surface area contributed by atoms with Gasteiger partial charge in [0.15, 0.2) is 5.78 Å². The highest BCUT2D eigenvalue weighted by Crippen LogP contribution is 2.47. The molecule has 2 aromatic rings. The molecule has 6 nitrogen and oxygen atoms in total. The smallest absolute Gasteiger partial charge is 0.329 e. The molecule has 0 saturated carbocycles. The fourth-order valence-corrected chi connectivity index (χ4v) is 5.13. The standard InChI is InChI=1S/C24H29N3O3S/c1-13(2)12-27-21-20(22(29)26-23(27)30)18(14-6-8-15(31-5)9-7-14)19-16(25-21)10-24(3,4)11-17(19)28/h6-9,13,18,25H,10-12H2,1-5H3,(H,26,29,30)/t18-/m1/s1. The second-order valence-electron chi connectivity index (χ2n) is 9.69. The predicted octanol–water partition coefficient (Wildman–Crippen LogP) is 4.12. The molecule has 1 aliphatic carbocycles. The van der Waals surface area contributed by atoms with E-state index in [2.05, 4.69) is 24.1 Å². The Morgan fingerprint density at radius 3 is 2.42 bits per heavy atom. The minimum absolute atomic E-state index is 0.0596. The Balaban J connectivity index is 2.01. The summed E-state index contributed by atoms with van der Waals surface area (Å²) >= 11 is 1.64. The van der Waals surface area contributed by atoms with Gasteiger partial charge in [-0.25, -0.2) is 4.79 Å². The normalized spacial score (nSPS) is 19.8. The molecule has 2 heterocycles. The third-order valence-electron chi connectivity index (χ3n) is 6.00. The topological polar surface area (TPSA) is 84.0 Å². The first-order valence-electron chi connectivity index (χ1n) is 10.7. The van der Waals surface area contributed by atoms with Crippen LogP contribution in [0.1, 0.15) is 57.6 Å². The van der Waals surface area contributed by atoms with Gasteiger partial charge in [-0.3, -0.25) is 19.1 Å². The van der Waals surface area contributed by atoms with Crippen molar-refractivity contribution in [1.29, 1.82) is 0 Å². The highest BCUT2D eigenvalue weighted by molar-refractivity contribution is 7.98. The second kappa shape index (κ2) is 7.86. The van der Waals surface area contributed by atoms with E-state index in [1.54, 1.807) is 16.3 Å². The number of nitrogens with one attached hydrogen (secondary N) is 2.